The second kappa shape index (κ2) is 9.23. The first-order chi connectivity index (χ1) is 16.4. The van der Waals surface area contributed by atoms with Crippen molar-refractivity contribution in [2.24, 2.45) is 11.3 Å². The van der Waals surface area contributed by atoms with Gasteiger partial charge in [-0.2, -0.15) is 18.4 Å². The van der Waals surface area contributed by atoms with Crippen LogP contribution in [0.25, 0.3) is 22.5 Å². The lowest BCUT2D eigenvalue weighted by atomic mass is 9.75. The molecule has 2 aromatic heterocycles. The second-order valence-electron chi connectivity index (χ2n) is 9.60. The Balaban J connectivity index is 1.61. The number of carbonyl (C=O) groups excluding carboxylic acids is 1. The summed E-state index contributed by atoms with van der Waals surface area (Å²) in [6.07, 6.45) is -1.94. The molecule has 1 aromatic carbocycles. The zero-order valence-electron chi connectivity index (χ0n) is 19.4. The van der Waals surface area contributed by atoms with Crippen LogP contribution in [-0.2, 0) is 6.18 Å². The smallest absolute Gasteiger partial charge is 0.325 e. The summed E-state index contributed by atoms with van der Waals surface area (Å²) in [7, 11) is 0. The third-order valence-corrected chi connectivity index (χ3v) is 6.28. The minimum absolute atomic E-state index is 0.0147. The summed E-state index contributed by atoms with van der Waals surface area (Å²) < 4.78 is 54.0. The summed E-state index contributed by atoms with van der Waals surface area (Å²) in [5.74, 6) is -0.262. The van der Waals surface area contributed by atoms with E-state index >= 15 is 4.39 Å². The van der Waals surface area contributed by atoms with E-state index in [9.17, 15) is 18.0 Å². The Morgan fingerprint density at radius 2 is 1.86 bits per heavy atom. The van der Waals surface area contributed by atoms with E-state index < -0.39 is 17.7 Å². The van der Waals surface area contributed by atoms with Crippen molar-refractivity contribution >= 4 is 11.7 Å². The summed E-state index contributed by atoms with van der Waals surface area (Å²) in [6.45, 7) is 7.72. The van der Waals surface area contributed by atoms with Gasteiger partial charge in [0.05, 0.1) is 0 Å². The number of pyridine rings is 1. The lowest BCUT2D eigenvalue weighted by Gasteiger charge is -2.38. The normalized spacial score (nSPS) is 15.3. The zero-order chi connectivity index (χ0) is 25.4. The number of aromatic amines is 1. The van der Waals surface area contributed by atoms with Crippen LogP contribution < -0.4 is 5.32 Å². The van der Waals surface area contributed by atoms with Crippen molar-refractivity contribution < 1.29 is 22.4 Å². The lowest BCUT2D eigenvalue weighted by Crippen LogP contribution is -2.43. The van der Waals surface area contributed by atoms with Crippen molar-refractivity contribution in [3.05, 3.63) is 42.0 Å². The van der Waals surface area contributed by atoms with Crippen molar-refractivity contribution in [3.63, 3.8) is 0 Å². The zero-order valence-corrected chi connectivity index (χ0v) is 19.4. The molecule has 3 heterocycles. The average Bonchev–Trinajstić information content (AvgIpc) is 3.33. The van der Waals surface area contributed by atoms with Gasteiger partial charge in [0.2, 0.25) is 5.82 Å². The first kappa shape index (κ1) is 24.6. The molecule has 0 radical (unpaired) electrons. The van der Waals surface area contributed by atoms with Crippen molar-refractivity contribution in [3.8, 4) is 22.5 Å². The first-order valence-electron chi connectivity index (χ1n) is 11.1. The first-order valence-corrected chi connectivity index (χ1v) is 11.1. The maximum atomic E-state index is 15.3. The van der Waals surface area contributed by atoms with Gasteiger partial charge in [0.25, 0.3) is 0 Å². The van der Waals surface area contributed by atoms with Gasteiger partial charge in [-0.25, -0.2) is 9.18 Å². The molecule has 1 fully saturated rings. The fraction of sp³-hybridized carbons (Fsp3) is 0.435. The largest absolute Gasteiger partial charge is 0.433 e. The summed E-state index contributed by atoms with van der Waals surface area (Å²) in [4.78, 5) is 17.9. The summed E-state index contributed by atoms with van der Waals surface area (Å²) in [5.41, 5.74) is -0.597. The fourth-order valence-corrected chi connectivity index (χ4v) is 4.29. The number of tetrazole rings is 1. The number of carbonyl (C=O) groups is 1. The molecule has 12 heteroatoms. The number of aromatic nitrogens is 5. The van der Waals surface area contributed by atoms with Gasteiger partial charge >= 0.3 is 12.2 Å². The molecule has 1 aliphatic rings. The number of nitrogens with zero attached hydrogens (tertiary/aromatic N) is 5. The number of rotatable bonds is 3. The topological polar surface area (TPSA) is 99.7 Å². The minimum atomic E-state index is -4.62. The van der Waals surface area contributed by atoms with E-state index in [0.717, 1.165) is 37.2 Å². The molecule has 2 amide bonds. The van der Waals surface area contributed by atoms with Gasteiger partial charge in [0.15, 0.2) is 0 Å². The second-order valence-corrected chi connectivity index (χ2v) is 9.60. The van der Waals surface area contributed by atoms with E-state index in [-0.39, 0.29) is 39.6 Å². The van der Waals surface area contributed by atoms with Gasteiger partial charge in [0, 0.05) is 41.7 Å². The number of anilines is 1. The Bertz CT molecular complexity index is 1180. The van der Waals surface area contributed by atoms with Crippen LogP contribution in [0.2, 0.25) is 0 Å². The summed E-state index contributed by atoms with van der Waals surface area (Å²) in [5, 5.41) is 16.2. The van der Waals surface area contributed by atoms with E-state index in [1.165, 1.54) is 6.07 Å². The maximum Gasteiger partial charge on any atom is 0.433 e. The van der Waals surface area contributed by atoms with Crippen molar-refractivity contribution in [2.75, 3.05) is 18.4 Å². The van der Waals surface area contributed by atoms with E-state index in [0.29, 0.717) is 19.0 Å². The van der Waals surface area contributed by atoms with Gasteiger partial charge in [-0.05, 0) is 47.6 Å². The van der Waals surface area contributed by atoms with Crippen LogP contribution in [-0.4, -0.2) is 49.6 Å². The Labute approximate surface area is 199 Å². The van der Waals surface area contributed by atoms with Crippen LogP contribution in [0.1, 0.15) is 39.3 Å². The molecule has 1 saturated heterocycles. The van der Waals surface area contributed by atoms with E-state index in [4.69, 9.17) is 0 Å². The molecule has 0 spiro atoms. The molecule has 0 unspecified atom stereocenters. The number of benzene rings is 1. The van der Waals surface area contributed by atoms with Gasteiger partial charge < -0.3 is 10.2 Å². The molecule has 186 valence electrons. The number of hydrogen-bond donors (Lipinski definition) is 2. The molecule has 3 aromatic rings. The Kier molecular flexibility index (Phi) is 6.48. The van der Waals surface area contributed by atoms with E-state index in [1.54, 1.807) is 4.90 Å². The van der Waals surface area contributed by atoms with Gasteiger partial charge in [-0.15, -0.1) is 10.2 Å². The highest BCUT2D eigenvalue weighted by molar-refractivity contribution is 5.92. The highest BCUT2D eigenvalue weighted by atomic mass is 19.4. The number of hydrogen-bond acceptors (Lipinski definition) is 5. The van der Waals surface area contributed by atoms with Crippen LogP contribution in [0.4, 0.5) is 28.0 Å². The quantitative estimate of drug-likeness (QED) is 0.480. The molecule has 2 N–H and O–H groups in total. The average molecular weight is 491 g/mol. The highest BCUT2D eigenvalue weighted by Gasteiger charge is 2.33. The summed E-state index contributed by atoms with van der Waals surface area (Å²) in [6, 6.07) is 4.10. The lowest BCUT2D eigenvalue weighted by molar-refractivity contribution is -0.141. The Hall–Kier alpha value is -3.57. The van der Waals surface area contributed by atoms with Crippen LogP contribution in [0, 0.1) is 17.2 Å². The molecule has 0 saturated carbocycles. The van der Waals surface area contributed by atoms with Gasteiger partial charge in [-0.1, -0.05) is 26.8 Å². The number of alkyl halides is 3. The predicted octanol–water partition coefficient (Wildman–Crippen LogP) is 5.38. The van der Waals surface area contributed by atoms with Crippen LogP contribution in [0.5, 0.6) is 0 Å². The van der Waals surface area contributed by atoms with Crippen molar-refractivity contribution in [2.45, 2.75) is 39.8 Å². The van der Waals surface area contributed by atoms with Crippen molar-refractivity contribution in [1.29, 1.82) is 0 Å². The molecule has 1 aliphatic heterocycles. The maximum absolute atomic E-state index is 15.3. The number of nitrogens with one attached hydrogen (secondary N) is 2. The highest BCUT2D eigenvalue weighted by Crippen LogP contribution is 2.37. The standard InChI is InChI=1S/C23H25F4N7O/c1-22(2,3)14-6-8-34(9-7-14)21(35)29-15-10-16(20-30-32-33-31-20)19(17(24)11-15)13-4-5-18(28-12-13)23(25,26)27/h4-5,10-12,14H,6-9H2,1-3H3,(H,29,35)(H,30,31,32,33). The third kappa shape index (κ3) is 5.41. The van der Waals surface area contributed by atoms with E-state index in [1.807, 2.05) is 0 Å². The van der Waals surface area contributed by atoms with Gasteiger partial charge in [0.1, 0.15) is 11.5 Å². The molecule has 8 nitrogen and oxygen atoms in total. The number of H-pyrrole nitrogens is 1. The third-order valence-electron chi connectivity index (χ3n) is 6.28. The molecule has 0 bridgehead atoms. The number of amides is 2. The number of piperidine rings is 1. The molecule has 35 heavy (non-hydrogen) atoms. The predicted molar refractivity (Wildman–Crippen MR) is 121 cm³/mol. The Morgan fingerprint density at radius 1 is 1.14 bits per heavy atom. The molecular weight excluding hydrogens is 466 g/mol. The molecule has 0 aliphatic carbocycles. The minimum Gasteiger partial charge on any atom is -0.325 e. The number of halogens is 4. The number of likely N-dealkylation sites (tertiary alicyclic amines) is 1. The molecule has 0 atom stereocenters. The SMILES string of the molecule is CC(C)(C)C1CCN(C(=O)Nc2cc(F)c(-c3ccc(C(F)(F)F)nc3)c(-c3nn[nH]n3)c2)CC1. The Morgan fingerprint density at radius 3 is 2.40 bits per heavy atom. The number of urea groups is 1. The molecular formula is C23H25F4N7O. The molecule has 4 rings (SSSR count). The van der Waals surface area contributed by atoms with Crippen LogP contribution >= 0.6 is 0 Å². The monoisotopic (exact) mass is 491 g/mol. The van der Waals surface area contributed by atoms with E-state index in [2.05, 4.69) is 51.7 Å². The van der Waals surface area contributed by atoms with Crippen molar-refractivity contribution in [1.82, 2.24) is 30.5 Å². The fourth-order valence-electron chi connectivity index (χ4n) is 4.29. The van der Waals surface area contributed by atoms with Crippen LogP contribution in [0.3, 0.4) is 0 Å². The van der Waals surface area contributed by atoms with Crippen LogP contribution in [0.15, 0.2) is 30.5 Å². The summed E-state index contributed by atoms with van der Waals surface area (Å²) >= 11 is 0. The van der Waals surface area contributed by atoms with Gasteiger partial charge in [-0.3, -0.25) is 4.98 Å².